The van der Waals surface area contributed by atoms with Crippen LogP contribution in [-0.2, 0) is 44.7 Å². The Morgan fingerprint density at radius 2 is 1.55 bits per heavy atom. The predicted octanol–water partition coefficient (Wildman–Crippen LogP) is 4.51. The van der Waals surface area contributed by atoms with Gasteiger partial charge in [0.2, 0.25) is 23.6 Å². The number of carbonyl (C=O) groups is 5. The molecule has 8 unspecified atom stereocenters. The molecule has 2 aliphatic rings. The van der Waals surface area contributed by atoms with E-state index in [-0.39, 0.29) is 60.0 Å². The number of rotatable bonds is 27. The van der Waals surface area contributed by atoms with Crippen molar-refractivity contribution in [2.24, 2.45) is 29.4 Å². The zero-order valence-electron chi connectivity index (χ0n) is 41.6. The van der Waals surface area contributed by atoms with Crippen molar-refractivity contribution in [3.05, 3.63) is 29.8 Å². The third-order valence-electron chi connectivity index (χ3n) is 13.6. The van der Waals surface area contributed by atoms with Gasteiger partial charge in [0.25, 0.3) is 5.91 Å². The summed E-state index contributed by atoms with van der Waals surface area (Å²) in [6.45, 7) is 16.5. The van der Waals surface area contributed by atoms with Crippen molar-refractivity contribution < 1.29 is 43.4 Å². The quantitative estimate of drug-likeness (QED) is 0.0908. The summed E-state index contributed by atoms with van der Waals surface area (Å²) < 4.78 is 12.1. The molecule has 5 amide bonds. The van der Waals surface area contributed by atoms with Gasteiger partial charge in [-0.05, 0) is 94.1 Å². The maximum absolute atomic E-state index is 14.6. The number of methoxy groups -OCH3 is 2. The molecule has 0 bridgehead atoms. The van der Waals surface area contributed by atoms with Crippen LogP contribution in [0.15, 0.2) is 24.3 Å². The van der Waals surface area contributed by atoms with Gasteiger partial charge < -0.3 is 40.7 Å². The third-order valence-corrected chi connectivity index (χ3v) is 13.6. The first-order chi connectivity index (χ1) is 30.9. The number of aromatic hydroxyl groups is 1. The van der Waals surface area contributed by atoms with E-state index in [1.54, 1.807) is 55.1 Å². The molecule has 9 atom stereocenters. The van der Waals surface area contributed by atoms with Crippen LogP contribution in [0.25, 0.3) is 0 Å². The van der Waals surface area contributed by atoms with Crippen molar-refractivity contribution >= 4 is 29.5 Å². The molecular formula is C49H85N7O9. The lowest BCUT2D eigenvalue weighted by Crippen LogP contribution is -2.60. The van der Waals surface area contributed by atoms with Crippen LogP contribution in [0.5, 0.6) is 5.75 Å². The molecule has 2 saturated heterocycles. The van der Waals surface area contributed by atoms with E-state index in [9.17, 15) is 29.1 Å². The summed E-state index contributed by atoms with van der Waals surface area (Å²) in [5.74, 6) is -2.26. The molecule has 3 rings (SSSR count). The summed E-state index contributed by atoms with van der Waals surface area (Å²) in [6, 6.07) is 3.44. The van der Waals surface area contributed by atoms with Gasteiger partial charge in [-0.1, -0.05) is 79.9 Å². The maximum atomic E-state index is 14.6. The second-order valence-electron chi connectivity index (χ2n) is 19.1. The number of phenols is 1. The van der Waals surface area contributed by atoms with E-state index in [4.69, 9.17) is 20.0 Å². The van der Waals surface area contributed by atoms with Crippen LogP contribution < -0.4 is 16.4 Å². The van der Waals surface area contributed by atoms with Crippen molar-refractivity contribution in [1.29, 1.82) is 0 Å². The van der Waals surface area contributed by atoms with Crippen molar-refractivity contribution in [2.75, 3.05) is 61.1 Å². The standard InChI is InChI=1S/C49H85N7O9/c1-12-34(6)44(54(9)49(62)42(32(2)3)52-47(60)43(33(4)5)53(8)26-16-14-13-15-25-50)40(63-10)31-41(58)55-27-19-20-39(55)45(64-11)35(7)46(59)51-38(30-36-21-23-37(57)24-22-36)48(61)56-28-17-18-29-65-56/h21-24,32-35,38-40,42-45,57H,12-20,25-31,50H2,1-11H3,(H,51,59)(H,52,60)/t34?,35?,38?,39-,40?,42?,43?,44?,45?/m0/s1. The average molecular weight is 916 g/mol. The minimum absolute atomic E-state index is 0.0140. The zero-order valence-corrected chi connectivity index (χ0v) is 41.6. The van der Waals surface area contributed by atoms with Gasteiger partial charge in [0.1, 0.15) is 17.8 Å². The number of amides is 5. The molecule has 2 heterocycles. The first-order valence-electron chi connectivity index (χ1n) is 24.3. The third kappa shape index (κ3) is 15.9. The van der Waals surface area contributed by atoms with Crippen molar-refractivity contribution in [3.8, 4) is 5.75 Å². The second-order valence-corrected chi connectivity index (χ2v) is 19.1. The van der Waals surface area contributed by atoms with Gasteiger partial charge >= 0.3 is 0 Å². The number of nitrogens with two attached hydrogens (primary N) is 1. The van der Waals surface area contributed by atoms with Gasteiger partial charge in [0, 0.05) is 40.8 Å². The van der Waals surface area contributed by atoms with Gasteiger partial charge in [-0.3, -0.25) is 33.7 Å². The number of ether oxygens (including phenoxy) is 2. The smallest absolute Gasteiger partial charge is 0.269 e. The molecule has 16 nitrogen and oxygen atoms in total. The molecule has 5 N–H and O–H groups in total. The van der Waals surface area contributed by atoms with Crippen molar-refractivity contribution in [2.45, 2.75) is 162 Å². The maximum Gasteiger partial charge on any atom is 0.269 e. The van der Waals surface area contributed by atoms with Gasteiger partial charge in [0.05, 0.1) is 49.3 Å². The lowest BCUT2D eigenvalue weighted by atomic mass is 9.89. The first kappa shape index (κ1) is 55.5. The number of hydrogen-bond acceptors (Lipinski definition) is 11. The van der Waals surface area contributed by atoms with Crippen LogP contribution in [-0.4, -0.2) is 158 Å². The molecule has 1 aromatic rings. The Morgan fingerprint density at radius 1 is 0.877 bits per heavy atom. The highest BCUT2D eigenvalue weighted by atomic mass is 16.7. The lowest BCUT2D eigenvalue weighted by molar-refractivity contribution is -0.199. The number of hydroxylamine groups is 2. The molecular weight excluding hydrogens is 831 g/mol. The lowest BCUT2D eigenvalue weighted by Gasteiger charge is -2.41. The predicted molar refractivity (Wildman–Crippen MR) is 252 cm³/mol. The monoisotopic (exact) mass is 916 g/mol. The highest BCUT2D eigenvalue weighted by molar-refractivity contribution is 5.90. The van der Waals surface area contributed by atoms with Gasteiger partial charge in [-0.25, -0.2) is 5.06 Å². The molecule has 0 radical (unpaired) electrons. The molecule has 65 heavy (non-hydrogen) atoms. The van der Waals surface area contributed by atoms with Crippen LogP contribution in [0, 0.1) is 23.7 Å². The fourth-order valence-electron chi connectivity index (χ4n) is 9.60. The summed E-state index contributed by atoms with van der Waals surface area (Å²) in [5.41, 5.74) is 6.42. The van der Waals surface area contributed by atoms with E-state index in [1.165, 1.54) is 12.2 Å². The van der Waals surface area contributed by atoms with Crippen LogP contribution in [0.2, 0.25) is 0 Å². The minimum atomic E-state index is -0.936. The highest BCUT2D eigenvalue weighted by Crippen LogP contribution is 2.30. The normalized spacial score (nSPS) is 19.3. The second kappa shape index (κ2) is 27.7. The Morgan fingerprint density at radius 3 is 2.12 bits per heavy atom. The number of carbonyl (C=O) groups excluding carboxylic acids is 5. The average Bonchev–Trinajstić information content (AvgIpc) is 3.77. The summed E-state index contributed by atoms with van der Waals surface area (Å²) >= 11 is 0. The summed E-state index contributed by atoms with van der Waals surface area (Å²) in [4.78, 5) is 82.1. The first-order valence-corrected chi connectivity index (χ1v) is 24.3. The number of benzene rings is 1. The molecule has 16 heteroatoms. The Hall–Kier alpha value is -3.83. The van der Waals surface area contributed by atoms with Crippen molar-refractivity contribution in [3.63, 3.8) is 0 Å². The largest absolute Gasteiger partial charge is 0.508 e. The van der Waals surface area contributed by atoms with Crippen LogP contribution >= 0.6 is 0 Å². The highest BCUT2D eigenvalue weighted by Gasteiger charge is 2.44. The number of hydrogen-bond donors (Lipinski definition) is 4. The fraction of sp³-hybridized carbons (Fsp3) is 0.776. The van der Waals surface area contributed by atoms with E-state index in [0.29, 0.717) is 45.5 Å². The molecule has 0 aromatic heterocycles. The van der Waals surface area contributed by atoms with Crippen LogP contribution in [0.3, 0.4) is 0 Å². The Kier molecular flexibility index (Phi) is 23.7. The Balaban J connectivity index is 1.78. The molecule has 0 spiro atoms. The fourth-order valence-corrected chi connectivity index (χ4v) is 9.60. The number of likely N-dealkylation sites (N-methyl/N-ethyl adjacent to an activating group) is 2. The molecule has 2 aliphatic heterocycles. The molecule has 1 aromatic carbocycles. The molecule has 0 saturated carbocycles. The van der Waals surface area contributed by atoms with Crippen LogP contribution in [0.1, 0.15) is 118 Å². The molecule has 370 valence electrons. The van der Waals surface area contributed by atoms with Gasteiger partial charge in [0.15, 0.2) is 0 Å². The van der Waals surface area contributed by atoms with E-state index in [1.807, 2.05) is 48.6 Å². The van der Waals surface area contributed by atoms with Crippen LogP contribution in [0.4, 0.5) is 0 Å². The van der Waals surface area contributed by atoms with E-state index < -0.39 is 54.2 Å². The zero-order chi connectivity index (χ0) is 48.4. The summed E-state index contributed by atoms with van der Waals surface area (Å²) in [7, 11) is 6.79. The van der Waals surface area contributed by atoms with Gasteiger partial charge in [-0.15, -0.1) is 0 Å². The number of likely N-dealkylation sites (tertiary alicyclic amines) is 1. The van der Waals surface area contributed by atoms with Gasteiger partial charge in [-0.2, -0.15) is 0 Å². The van der Waals surface area contributed by atoms with E-state index in [0.717, 1.165) is 50.6 Å². The number of unbranched alkanes of at least 4 members (excludes halogenated alkanes) is 3. The van der Waals surface area contributed by atoms with E-state index in [2.05, 4.69) is 15.5 Å². The summed E-state index contributed by atoms with van der Waals surface area (Å²) in [5, 5.41) is 17.3. The Bertz CT molecular complexity index is 1620. The number of phenolic OH excluding ortho intramolecular Hbond substituents is 1. The molecule has 2 fully saturated rings. The number of nitrogens with zero attached hydrogens (tertiary/aromatic N) is 4. The topological polar surface area (TPSA) is 196 Å². The van der Waals surface area contributed by atoms with E-state index >= 15 is 0 Å². The molecule has 0 aliphatic carbocycles. The van der Waals surface area contributed by atoms with Crippen molar-refractivity contribution in [1.82, 2.24) is 30.4 Å². The SMILES string of the molecule is CCC(C)C(C(CC(=O)N1CCC[C@H]1C(OC)C(C)C(=O)NC(Cc1ccc(O)cc1)C(=O)N1CCCCO1)OC)N(C)C(=O)C(NC(=O)C(C(C)C)N(C)CCCCCCN)C(C)C. The minimum Gasteiger partial charge on any atom is -0.508 e. The Labute approximate surface area is 389 Å². The number of nitrogens with one attached hydrogen (secondary N) is 2. The summed E-state index contributed by atoms with van der Waals surface area (Å²) in [6.07, 6.45) is 6.51.